The monoisotopic (exact) mass is 244 g/mol. The number of nitrogens with zero attached hydrogens (tertiary/aromatic N) is 1. The predicted molar refractivity (Wildman–Crippen MR) is 74.3 cm³/mol. The lowest BCUT2D eigenvalue weighted by Gasteiger charge is -2.33. The lowest BCUT2D eigenvalue weighted by molar-refractivity contribution is -0.128. The SMILES string of the molecule is Cc1cccc(C=CC(=O)N2CCNCC2C)c1. The molecule has 0 aliphatic carbocycles. The van der Waals surface area contributed by atoms with Gasteiger partial charge in [-0.3, -0.25) is 4.79 Å². The number of hydrogen-bond acceptors (Lipinski definition) is 2. The van der Waals surface area contributed by atoms with Gasteiger partial charge in [0, 0.05) is 31.8 Å². The van der Waals surface area contributed by atoms with Gasteiger partial charge in [0.2, 0.25) is 5.91 Å². The van der Waals surface area contributed by atoms with Gasteiger partial charge < -0.3 is 10.2 Å². The largest absolute Gasteiger partial charge is 0.334 e. The van der Waals surface area contributed by atoms with Crippen LogP contribution < -0.4 is 5.32 Å². The summed E-state index contributed by atoms with van der Waals surface area (Å²) in [5, 5.41) is 3.28. The van der Waals surface area contributed by atoms with Gasteiger partial charge in [0.15, 0.2) is 0 Å². The van der Waals surface area contributed by atoms with E-state index >= 15 is 0 Å². The van der Waals surface area contributed by atoms with E-state index in [-0.39, 0.29) is 11.9 Å². The van der Waals surface area contributed by atoms with Crippen LogP contribution in [0.25, 0.3) is 6.08 Å². The number of amides is 1. The maximum atomic E-state index is 12.1. The summed E-state index contributed by atoms with van der Waals surface area (Å²) in [4.78, 5) is 14.0. The van der Waals surface area contributed by atoms with E-state index in [0.29, 0.717) is 0 Å². The Morgan fingerprint density at radius 2 is 2.33 bits per heavy atom. The van der Waals surface area contributed by atoms with Crippen molar-refractivity contribution >= 4 is 12.0 Å². The van der Waals surface area contributed by atoms with E-state index in [1.54, 1.807) is 6.08 Å². The second-order valence-corrected chi connectivity index (χ2v) is 4.83. The van der Waals surface area contributed by atoms with Crippen molar-refractivity contribution in [3.8, 4) is 0 Å². The molecule has 1 unspecified atom stereocenters. The van der Waals surface area contributed by atoms with E-state index in [4.69, 9.17) is 0 Å². The molecule has 1 heterocycles. The minimum Gasteiger partial charge on any atom is -0.334 e. The lowest BCUT2D eigenvalue weighted by atomic mass is 10.1. The first-order chi connectivity index (χ1) is 8.66. The molecule has 0 saturated carbocycles. The van der Waals surface area contributed by atoms with Crippen molar-refractivity contribution in [1.82, 2.24) is 10.2 Å². The minimum atomic E-state index is 0.102. The normalized spacial score (nSPS) is 20.3. The number of carbonyl (C=O) groups is 1. The van der Waals surface area contributed by atoms with Crippen molar-refractivity contribution in [2.45, 2.75) is 19.9 Å². The van der Waals surface area contributed by atoms with Crippen LogP contribution in [0.5, 0.6) is 0 Å². The Balaban J connectivity index is 2.02. The number of benzene rings is 1. The van der Waals surface area contributed by atoms with E-state index in [1.165, 1.54) is 5.56 Å². The first-order valence-electron chi connectivity index (χ1n) is 6.43. The molecule has 3 heteroatoms. The fourth-order valence-corrected chi connectivity index (χ4v) is 2.21. The quantitative estimate of drug-likeness (QED) is 0.805. The molecular formula is C15H20N2O. The van der Waals surface area contributed by atoms with Gasteiger partial charge in [-0.15, -0.1) is 0 Å². The zero-order valence-corrected chi connectivity index (χ0v) is 11.0. The van der Waals surface area contributed by atoms with Crippen molar-refractivity contribution in [1.29, 1.82) is 0 Å². The topological polar surface area (TPSA) is 32.3 Å². The van der Waals surface area contributed by atoms with Crippen LogP contribution in [0.4, 0.5) is 0 Å². The van der Waals surface area contributed by atoms with Crippen LogP contribution in [0.2, 0.25) is 0 Å². The second kappa shape index (κ2) is 5.83. The highest BCUT2D eigenvalue weighted by molar-refractivity contribution is 5.92. The molecule has 1 aliphatic heterocycles. The van der Waals surface area contributed by atoms with Crippen LogP contribution in [0.3, 0.4) is 0 Å². The number of hydrogen-bond donors (Lipinski definition) is 1. The first-order valence-corrected chi connectivity index (χ1v) is 6.43. The van der Waals surface area contributed by atoms with Gasteiger partial charge in [-0.2, -0.15) is 0 Å². The van der Waals surface area contributed by atoms with Crippen molar-refractivity contribution in [2.75, 3.05) is 19.6 Å². The van der Waals surface area contributed by atoms with Gasteiger partial charge in [0.1, 0.15) is 0 Å². The van der Waals surface area contributed by atoms with Gasteiger partial charge in [-0.25, -0.2) is 0 Å². The highest BCUT2D eigenvalue weighted by Gasteiger charge is 2.20. The summed E-state index contributed by atoms with van der Waals surface area (Å²) in [6.45, 7) is 6.68. The number of rotatable bonds is 2. The van der Waals surface area contributed by atoms with Gasteiger partial charge in [-0.1, -0.05) is 29.8 Å². The van der Waals surface area contributed by atoms with Crippen molar-refractivity contribution < 1.29 is 4.79 Å². The summed E-state index contributed by atoms with van der Waals surface area (Å²) in [5.41, 5.74) is 2.28. The summed E-state index contributed by atoms with van der Waals surface area (Å²) in [6.07, 6.45) is 3.57. The number of aryl methyl sites for hydroxylation is 1. The highest BCUT2D eigenvalue weighted by Crippen LogP contribution is 2.08. The maximum absolute atomic E-state index is 12.1. The van der Waals surface area contributed by atoms with Gasteiger partial charge >= 0.3 is 0 Å². The molecule has 96 valence electrons. The third-order valence-corrected chi connectivity index (χ3v) is 3.24. The molecule has 1 aromatic rings. The fraction of sp³-hybridized carbons (Fsp3) is 0.400. The highest BCUT2D eigenvalue weighted by atomic mass is 16.2. The molecule has 0 radical (unpaired) electrons. The lowest BCUT2D eigenvalue weighted by Crippen LogP contribution is -2.51. The molecule has 0 bridgehead atoms. The molecular weight excluding hydrogens is 224 g/mol. The van der Waals surface area contributed by atoms with E-state index in [2.05, 4.69) is 31.3 Å². The zero-order chi connectivity index (χ0) is 13.0. The summed E-state index contributed by atoms with van der Waals surface area (Å²) in [5.74, 6) is 0.102. The molecule has 1 saturated heterocycles. The molecule has 0 aromatic heterocycles. The molecule has 1 fully saturated rings. The van der Waals surface area contributed by atoms with Crippen molar-refractivity contribution in [2.24, 2.45) is 0 Å². The second-order valence-electron chi connectivity index (χ2n) is 4.83. The van der Waals surface area contributed by atoms with Crippen LogP contribution in [0.1, 0.15) is 18.1 Å². The maximum Gasteiger partial charge on any atom is 0.246 e. The molecule has 2 rings (SSSR count). The third-order valence-electron chi connectivity index (χ3n) is 3.24. The molecule has 1 amide bonds. The van der Waals surface area contributed by atoms with Crippen LogP contribution in [0.15, 0.2) is 30.3 Å². The van der Waals surface area contributed by atoms with E-state index in [1.807, 2.05) is 23.1 Å². The van der Waals surface area contributed by atoms with E-state index in [0.717, 1.165) is 25.2 Å². The number of piperazine rings is 1. The number of carbonyl (C=O) groups excluding carboxylic acids is 1. The smallest absolute Gasteiger partial charge is 0.246 e. The molecule has 0 spiro atoms. The van der Waals surface area contributed by atoms with Crippen molar-refractivity contribution in [3.63, 3.8) is 0 Å². The molecule has 1 N–H and O–H groups in total. The van der Waals surface area contributed by atoms with E-state index < -0.39 is 0 Å². The Morgan fingerprint density at radius 3 is 3.06 bits per heavy atom. The molecule has 3 nitrogen and oxygen atoms in total. The average Bonchev–Trinajstić information content (AvgIpc) is 2.37. The van der Waals surface area contributed by atoms with Crippen LogP contribution >= 0.6 is 0 Å². The Labute approximate surface area is 108 Å². The number of nitrogens with one attached hydrogen (secondary N) is 1. The summed E-state index contributed by atoms with van der Waals surface area (Å²) in [6, 6.07) is 8.42. The zero-order valence-electron chi connectivity index (χ0n) is 11.0. The first kappa shape index (κ1) is 12.8. The van der Waals surface area contributed by atoms with Crippen LogP contribution in [0, 0.1) is 6.92 Å². The standard InChI is InChI=1S/C15H20N2O/c1-12-4-3-5-14(10-12)6-7-15(18)17-9-8-16-11-13(17)2/h3-7,10,13,16H,8-9,11H2,1-2H3. The van der Waals surface area contributed by atoms with Gasteiger partial charge in [0.25, 0.3) is 0 Å². The molecule has 1 aliphatic rings. The van der Waals surface area contributed by atoms with Gasteiger partial charge in [-0.05, 0) is 25.5 Å². The Kier molecular flexibility index (Phi) is 4.15. The minimum absolute atomic E-state index is 0.102. The third kappa shape index (κ3) is 3.20. The summed E-state index contributed by atoms with van der Waals surface area (Å²) < 4.78 is 0. The Morgan fingerprint density at radius 1 is 1.50 bits per heavy atom. The van der Waals surface area contributed by atoms with Crippen LogP contribution in [-0.2, 0) is 4.79 Å². The van der Waals surface area contributed by atoms with E-state index in [9.17, 15) is 4.79 Å². The Hall–Kier alpha value is -1.61. The molecule has 18 heavy (non-hydrogen) atoms. The summed E-state index contributed by atoms with van der Waals surface area (Å²) >= 11 is 0. The Bertz CT molecular complexity index is 454. The molecule has 1 aromatic carbocycles. The molecule has 1 atom stereocenters. The summed E-state index contributed by atoms with van der Waals surface area (Å²) in [7, 11) is 0. The van der Waals surface area contributed by atoms with Gasteiger partial charge in [0.05, 0.1) is 0 Å². The van der Waals surface area contributed by atoms with Crippen molar-refractivity contribution in [3.05, 3.63) is 41.5 Å². The fourth-order valence-electron chi connectivity index (χ4n) is 2.21. The average molecular weight is 244 g/mol. The van der Waals surface area contributed by atoms with Crippen LogP contribution in [-0.4, -0.2) is 36.5 Å². The predicted octanol–water partition coefficient (Wildman–Crippen LogP) is 1.83.